The fraction of sp³-hybridized carbons (Fsp3) is 0.455. The first-order valence-electron chi connectivity index (χ1n) is 4.87. The second-order valence-corrected chi connectivity index (χ2v) is 5.56. The van der Waals surface area contributed by atoms with E-state index < -0.39 is 0 Å². The Kier molecular flexibility index (Phi) is 2.19. The Balaban J connectivity index is 2.87. The van der Waals surface area contributed by atoms with Crippen molar-refractivity contribution in [2.75, 3.05) is 0 Å². The van der Waals surface area contributed by atoms with E-state index in [2.05, 4.69) is 4.98 Å². The minimum atomic E-state index is -0.153. The number of aromatic nitrogens is 2. The summed E-state index contributed by atoms with van der Waals surface area (Å²) in [5.74, 6) is 0. The molecule has 0 N–H and O–H groups in total. The number of nitrogens with zero attached hydrogens (tertiary/aromatic N) is 2. The van der Waals surface area contributed by atoms with Gasteiger partial charge in [0.25, 0.3) is 5.56 Å². The number of aryl methyl sites for hydroxylation is 1. The van der Waals surface area contributed by atoms with Crippen LogP contribution in [0.3, 0.4) is 0 Å². The number of rotatable bonds is 0. The van der Waals surface area contributed by atoms with Crippen molar-refractivity contribution in [3.63, 3.8) is 0 Å². The molecule has 0 fully saturated rings. The summed E-state index contributed by atoms with van der Waals surface area (Å²) in [4.78, 5) is 17.3. The molecule has 0 aliphatic heterocycles. The van der Waals surface area contributed by atoms with Crippen LogP contribution in [0.25, 0.3) is 4.96 Å². The van der Waals surface area contributed by atoms with Crippen LogP contribution in [0.2, 0.25) is 0 Å². The Morgan fingerprint density at radius 3 is 2.67 bits per heavy atom. The second kappa shape index (κ2) is 3.17. The van der Waals surface area contributed by atoms with Crippen molar-refractivity contribution in [3.8, 4) is 0 Å². The monoisotopic (exact) mass is 222 g/mol. The van der Waals surface area contributed by atoms with Gasteiger partial charge in [-0.3, -0.25) is 9.20 Å². The van der Waals surface area contributed by atoms with Gasteiger partial charge in [-0.05, 0) is 12.3 Å². The lowest BCUT2D eigenvalue weighted by molar-refractivity contribution is 0.576. The minimum absolute atomic E-state index is 0.0613. The lowest BCUT2D eigenvalue weighted by Crippen LogP contribution is -2.27. The molecular formula is C11H14N2OS. The third kappa shape index (κ3) is 1.59. The molecule has 0 atom stereocenters. The van der Waals surface area contributed by atoms with Crippen LogP contribution in [-0.2, 0) is 5.41 Å². The van der Waals surface area contributed by atoms with Gasteiger partial charge in [-0.1, -0.05) is 20.8 Å². The molecule has 80 valence electrons. The van der Waals surface area contributed by atoms with Gasteiger partial charge in [-0.2, -0.15) is 0 Å². The summed E-state index contributed by atoms with van der Waals surface area (Å²) in [6.45, 7) is 8.01. The summed E-state index contributed by atoms with van der Waals surface area (Å²) in [5, 5.41) is 1.95. The molecule has 2 rings (SSSR count). The maximum Gasteiger partial charge on any atom is 0.262 e. The summed E-state index contributed by atoms with van der Waals surface area (Å²) in [6.07, 6.45) is 1.70. The standard InChI is InChI=1S/C11H14N2OS/c1-7-6-15-10-12-5-8(11(2,3)4)9(14)13(7)10/h5-6H,1-4H3. The van der Waals surface area contributed by atoms with E-state index in [1.54, 1.807) is 10.6 Å². The molecule has 15 heavy (non-hydrogen) atoms. The van der Waals surface area contributed by atoms with Crippen molar-refractivity contribution >= 4 is 16.3 Å². The minimum Gasteiger partial charge on any atom is -0.269 e. The fourth-order valence-electron chi connectivity index (χ4n) is 1.54. The Labute approximate surface area is 92.4 Å². The molecule has 0 aliphatic rings. The normalized spacial score (nSPS) is 12.3. The SMILES string of the molecule is Cc1csc2ncc(C(C)(C)C)c(=O)n12. The molecule has 0 saturated heterocycles. The number of fused-ring (bicyclic) bond motifs is 1. The van der Waals surface area contributed by atoms with Gasteiger partial charge in [0.05, 0.1) is 0 Å². The van der Waals surface area contributed by atoms with Crippen LogP contribution in [0.15, 0.2) is 16.4 Å². The number of hydrogen-bond donors (Lipinski definition) is 0. The molecule has 2 aromatic heterocycles. The van der Waals surface area contributed by atoms with Gasteiger partial charge < -0.3 is 0 Å². The molecule has 0 aromatic carbocycles. The topological polar surface area (TPSA) is 34.4 Å². The lowest BCUT2D eigenvalue weighted by Gasteiger charge is -2.17. The van der Waals surface area contributed by atoms with E-state index in [1.165, 1.54) is 11.3 Å². The van der Waals surface area contributed by atoms with Gasteiger partial charge in [0, 0.05) is 22.8 Å². The Morgan fingerprint density at radius 2 is 2.07 bits per heavy atom. The van der Waals surface area contributed by atoms with Crippen molar-refractivity contribution in [1.29, 1.82) is 0 Å². The third-order valence-electron chi connectivity index (χ3n) is 2.42. The first kappa shape index (κ1) is 10.4. The predicted octanol–water partition coefficient (Wildman–Crippen LogP) is 2.36. The predicted molar refractivity (Wildman–Crippen MR) is 62.8 cm³/mol. The highest BCUT2D eigenvalue weighted by Crippen LogP contribution is 2.19. The molecule has 0 bridgehead atoms. The van der Waals surface area contributed by atoms with E-state index in [-0.39, 0.29) is 11.0 Å². The zero-order valence-electron chi connectivity index (χ0n) is 9.37. The fourth-order valence-corrected chi connectivity index (χ4v) is 2.37. The van der Waals surface area contributed by atoms with Crippen LogP contribution in [-0.4, -0.2) is 9.38 Å². The highest BCUT2D eigenvalue weighted by molar-refractivity contribution is 7.15. The number of hydrogen-bond acceptors (Lipinski definition) is 3. The van der Waals surface area contributed by atoms with E-state index in [1.807, 2.05) is 33.1 Å². The molecule has 2 aromatic rings. The van der Waals surface area contributed by atoms with Crippen molar-refractivity contribution in [2.45, 2.75) is 33.1 Å². The van der Waals surface area contributed by atoms with Crippen molar-refractivity contribution in [3.05, 3.63) is 33.2 Å². The molecule has 0 aliphatic carbocycles. The van der Waals surface area contributed by atoms with Gasteiger partial charge >= 0.3 is 0 Å². The molecule has 0 amide bonds. The highest BCUT2D eigenvalue weighted by Gasteiger charge is 2.20. The largest absolute Gasteiger partial charge is 0.269 e. The quantitative estimate of drug-likeness (QED) is 0.685. The van der Waals surface area contributed by atoms with Crippen molar-refractivity contribution in [1.82, 2.24) is 9.38 Å². The summed E-state index contributed by atoms with van der Waals surface area (Å²) >= 11 is 1.50. The maximum absolute atomic E-state index is 12.2. The van der Waals surface area contributed by atoms with Crippen molar-refractivity contribution in [2.24, 2.45) is 0 Å². The third-order valence-corrected chi connectivity index (χ3v) is 3.38. The zero-order valence-corrected chi connectivity index (χ0v) is 10.2. The molecule has 4 heteroatoms. The van der Waals surface area contributed by atoms with E-state index >= 15 is 0 Å². The Bertz CT molecular complexity index is 560. The van der Waals surface area contributed by atoms with Gasteiger partial charge in [0.15, 0.2) is 4.96 Å². The smallest absolute Gasteiger partial charge is 0.262 e. The molecule has 3 nitrogen and oxygen atoms in total. The lowest BCUT2D eigenvalue weighted by atomic mass is 9.89. The molecule has 0 spiro atoms. The second-order valence-electron chi connectivity index (χ2n) is 4.72. The van der Waals surface area contributed by atoms with Crippen LogP contribution in [0.1, 0.15) is 32.0 Å². The molecular weight excluding hydrogens is 208 g/mol. The van der Waals surface area contributed by atoms with Crippen LogP contribution in [0, 0.1) is 6.92 Å². The van der Waals surface area contributed by atoms with E-state index in [0.29, 0.717) is 0 Å². The van der Waals surface area contributed by atoms with Crippen LogP contribution < -0.4 is 5.56 Å². The van der Waals surface area contributed by atoms with E-state index in [9.17, 15) is 4.79 Å². The summed E-state index contributed by atoms with van der Waals surface area (Å²) in [7, 11) is 0. The molecule has 2 heterocycles. The zero-order chi connectivity index (χ0) is 11.2. The first-order valence-corrected chi connectivity index (χ1v) is 5.75. The van der Waals surface area contributed by atoms with Crippen LogP contribution in [0.4, 0.5) is 0 Å². The van der Waals surface area contributed by atoms with Crippen LogP contribution in [0.5, 0.6) is 0 Å². The Morgan fingerprint density at radius 1 is 1.40 bits per heavy atom. The molecule has 0 saturated carbocycles. The van der Waals surface area contributed by atoms with Gasteiger partial charge in [0.2, 0.25) is 0 Å². The summed E-state index contributed by atoms with van der Waals surface area (Å²) in [5.41, 5.74) is 1.63. The van der Waals surface area contributed by atoms with Crippen LogP contribution >= 0.6 is 11.3 Å². The Hall–Kier alpha value is -1.16. The van der Waals surface area contributed by atoms with Gasteiger partial charge in [-0.15, -0.1) is 11.3 Å². The average molecular weight is 222 g/mol. The van der Waals surface area contributed by atoms with Gasteiger partial charge in [0.1, 0.15) is 0 Å². The number of thiazole rings is 1. The van der Waals surface area contributed by atoms with E-state index in [4.69, 9.17) is 0 Å². The maximum atomic E-state index is 12.2. The van der Waals surface area contributed by atoms with Gasteiger partial charge in [-0.25, -0.2) is 4.98 Å². The first-order chi connectivity index (χ1) is 6.91. The molecule has 0 radical (unpaired) electrons. The highest BCUT2D eigenvalue weighted by atomic mass is 32.1. The van der Waals surface area contributed by atoms with E-state index in [0.717, 1.165) is 16.2 Å². The average Bonchev–Trinajstić information content (AvgIpc) is 2.46. The van der Waals surface area contributed by atoms with Crippen molar-refractivity contribution < 1.29 is 0 Å². The molecule has 0 unspecified atom stereocenters. The summed E-state index contributed by atoms with van der Waals surface area (Å²) in [6, 6.07) is 0. The summed E-state index contributed by atoms with van der Waals surface area (Å²) < 4.78 is 1.69.